The Balaban J connectivity index is 2.02. The molecule has 1 aliphatic rings. The van der Waals surface area contributed by atoms with Crippen molar-refractivity contribution in [3.05, 3.63) is 58.9 Å². The van der Waals surface area contributed by atoms with Crippen LogP contribution in [0.25, 0.3) is 22.2 Å². The number of aromatic nitrogens is 1. The minimum atomic E-state index is -0.268. The van der Waals surface area contributed by atoms with E-state index in [4.69, 9.17) is 11.6 Å². The smallest absolute Gasteiger partial charge is 0.131 e. The van der Waals surface area contributed by atoms with Crippen LogP contribution in [0.3, 0.4) is 0 Å². The van der Waals surface area contributed by atoms with E-state index in [0.717, 1.165) is 33.6 Å². The van der Waals surface area contributed by atoms with Crippen molar-refractivity contribution >= 4 is 28.3 Å². The van der Waals surface area contributed by atoms with Crippen molar-refractivity contribution in [1.82, 2.24) is 10.3 Å². The Morgan fingerprint density at radius 1 is 1.22 bits per heavy atom. The summed E-state index contributed by atoms with van der Waals surface area (Å²) in [7, 11) is 0. The maximum Gasteiger partial charge on any atom is 0.131 e. The first-order valence-electron chi connectivity index (χ1n) is 7.51. The van der Waals surface area contributed by atoms with E-state index in [9.17, 15) is 4.39 Å². The summed E-state index contributed by atoms with van der Waals surface area (Å²) in [6.45, 7) is 2.78. The second-order valence-corrected chi connectivity index (χ2v) is 6.19. The van der Waals surface area contributed by atoms with Crippen molar-refractivity contribution in [2.75, 3.05) is 6.54 Å². The average Bonchev–Trinajstić information content (AvgIpc) is 3.10. The Labute approximate surface area is 138 Å². The van der Waals surface area contributed by atoms with Gasteiger partial charge < -0.3 is 10.3 Å². The summed E-state index contributed by atoms with van der Waals surface area (Å²) < 4.78 is 13.8. The standard InChI is InChI=1S/C18H15ClFN3/c1-10-9-21-18(22-10)16-13-8-11(20)6-7-15(13)23-17(16)12-4-2-3-5-14(12)19/h2-8,10,23H,9H2,1H3,(H,21,22). The molecule has 0 aliphatic carbocycles. The molecule has 1 atom stereocenters. The lowest BCUT2D eigenvalue weighted by atomic mass is 10.0. The van der Waals surface area contributed by atoms with Gasteiger partial charge in [-0.2, -0.15) is 0 Å². The lowest BCUT2D eigenvalue weighted by molar-refractivity contribution is 0.629. The molecule has 116 valence electrons. The quantitative estimate of drug-likeness (QED) is 0.721. The summed E-state index contributed by atoms with van der Waals surface area (Å²) >= 11 is 6.37. The van der Waals surface area contributed by atoms with Crippen LogP contribution in [0.2, 0.25) is 5.02 Å². The lowest BCUT2D eigenvalue weighted by Gasteiger charge is -2.09. The molecule has 0 bridgehead atoms. The third kappa shape index (κ3) is 2.39. The second-order valence-electron chi connectivity index (χ2n) is 5.78. The summed E-state index contributed by atoms with van der Waals surface area (Å²) in [6, 6.07) is 12.6. The number of aromatic amines is 1. The molecule has 1 aliphatic heterocycles. The van der Waals surface area contributed by atoms with Crippen LogP contribution in [0.5, 0.6) is 0 Å². The lowest BCUT2D eigenvalue weighted by Crippen LogP contribution is -2.27. The number of hydrogen-bond donors (Lipinski definition) is 2. The Hall–Kier alpha value is -2.33. The third-order valence-corrected chi connectivity index (χ3v) is 4.38. The molecule has 0 amide bonds. The monoisotopic (exact) mass is 327 g/mol. The number of nitrogens with zero attached hydrogens (tertiary/aromatic N) is 1. The van der Waals surface area contributed by atoms with Gasteiger partial charge in [0.1, 0.15) is 11.7 Å². The van der Waals surface area contributed by atoms with Crippen LogP contribution in [0.4, 0.5) is 4.39 Å². The van der Waals surface area contributed by atoms with Gasteiger partial charge in [-0.25, -0.2) is 4.39 Å². The Bertz CT molecular complexity index is 929. The molecule has 4 rings (SSSR count). The van der Waals surface area contributed by atoms with Gasteiger partial charge in [0.2, 0.25) is 0 Å². The number of hydrogen-bond acceptors (Lipinski definition) is 2. The van der Waals surface area contributed by atoms with E-state index in [1.807, 2.05) is 24.3 Å². The fourth-order valence-electron chi connectivity index (χ4n) is 2.98. The fourth-order valence-corrected chi connectivity index (χ4v) is 3.21. The molecule has 1 unspecified atom stereocenters. The largest absolute Gasteiger partial charge is 0.365 e. The van der Waals surface area contributed by atoms with E-state index in [2.05, 4.69) is 22.2 Å². The number of H-pyrrole nitrogens is 1. The van der Waals surface area contributed by atoms with Crippen molar-refractivity contribution in [3.8, 4) is 11.3 Å². The van der Waals surface area contributed by atoms with Crippen LogP contribution in [-0.2, 0) is 0 Å². The molecule has 2 aromatic carbocycles. The van der Waals surface area contributed by atoms with Gasteiger partial charge in [0.15, 0.2) is 0 Å². The topological polar surface area (TPSA) is 40.2 Å². The van der Waals surface area contributed by atoms with Crippen molar-refractivity contribution < 1.29 is 4.39 Å². The molecule has 0 saturated heterocycles. The highest BCUT2D eigenvalue weighted by Crippen LogP contribution is 2.35. The molecule has 5 heteroatoms. The maximum atomic E-state index is 13.8. The highest BCUT2D eigenvalue weighted by molar-refractivity contribution is 6.33. The summed E-state index contributed by atoms with van der Waals surface area (Å²) in [5, 5.41) is 4.81. The minimum absolute atomic E-state index is 0.266. The predicted molar refractivity (Wildman–Crippen MR) is 92.7 cm³/mol. The van der Waals surface area contributed by atoms with Crippen LogP contribution >= 0.6 is 11.6 Å². The van der Waals surface area contributed by atoms with Crippen LogP contribution in [0.15, 0.2) is 47.5 Å². The zero-order valence-corrected chi connectivity index (χ0v) is 13.3. The van der Waals surface area contributed by atoms with E-state index in [0.29, 0.717) is 11.6 Å². The number of fused-ring (bicyclic) bond motifs is 1. The summed E-state index contributed by atoms with van der Waals surface area (Å²) in [5.41, 5.74) is 3.47. The number of rotatable bonds is 2. The van der Waals surface area contributed by atoms with Crippen molar-refractivity contribution in [3.63, 3.8) is 0 Å². The van der Waals surface area contributed by atoms with Crippen molar-refractivity contribution in [2.45, 2.75) is 13.0 Å². The SMILES string of the molecule is CC1CN=C(c2c(-c3ccccc3Cl)[nH]c3ccc(F)cc23)N1. The summed E-state index contributed by atoms with van der Waals surface area (Å²) in [5.74, 6) is 0.513. The number of aliphatic imine (C=N–C) groups is 1. The van der Waals surface area contributed by atoms with E-state index in [1.54, 1.807) is 6.07 Å². The molecule has 3 nitrogen and oxygen atoms in total. The van der Waals surface area contributed by atoms with Crippen LogP contribution in [0.1, 0.15) is 12.5 Å². The van der Waals surface area contributed by atoms with Gasteiger partial charge in [-0.15, -0.1) is 0 Å². The first-order chi connectivity index (χ1) is 11.1. The number of amidine groups is 1. The predicted octanol–water partition coefficient (Wildman–Crippen LogP) is 4.37. The van der Waals surface area contributed by atoms with Crippen molar-refractivity contribution in [1.29, 1.82) is 0 Å². The zero-order chi connectivity index (χ0) is 16.0. The van der Waals surface area contributed by atoms with Gasteiger partial charge in [-0.1, -0.05) is 29.8 Å². The molecule has 0 radical (unpaired) electrons. The van der Waals surface area contributed by atoms with E-state index >= 15 is 0 Å². The molecular weight excluding hydrogens is 313 g/mol. The number of halogens is 2. The summed E-state index contributed by atoms with van der Waals surface area (Å²) in [4.78, 5) is 7.94. The van der Waals surface area contributed by atoms with Gasteiger partial charge in [0.05, 0.1) is 17.8 Å². The van der Waals surface area contributed by atoms with Crippen molar-refractivity contribution in [2.24, 2.45) is 4.99 Å². The average molecular weight is 328 g/mol. The van der Waals surface area contributed by atoms with Gasteiger partial charge in [0, 0.05) is 27.5 Å². The molecule has 2 heterocycles. The second kappa shape index (κ2) is 5.39. The first kappa shape index (κ1) is 14.3. The Morgan fingerprint density at radius 2 is 2.04 bits per heavy atom. The zero-order valence-electron chi connectivity index (χ0n) is 12.5. The maximum absolute atomic E-state index is 13.8. The summed E-state index contributed by atoms with van der Waals surface area (Å²) in [6.07, 6.45) is 0. The van der Waals surface area contributed by atoms with E-state index in [1.165, 1.54) is 12.1 Å². The molecule has 23 heavy (non-hydrogen) atoms. The van der Waals surface area contributed by atoms with Gasteiger partial charge in [-0.05, 0) is 31.2 Å². The minimum Gasteiger partial charge on any atom is -0.365 e. The first-order valence-corrected chi connectivity index (χ1v) is 7.89. The molecule has 0 fully saturated rings. The molecule has 2 N–H and O–H groups in total. The van der Waals surface area contributed by atoms with E-state index in [-0.39, 0.29) is 11.9 Å². The highest BCUT2D eigenvalue weighted by Gasteiger charge is 2.23. The van der Waals surface area contributed by atoms with Gasteiger partial charge in [0.25, 0.3) is 0 Å². The molecule has 0 saturated carbocycles. The van der Waals surface area contributed by atoms with Crippen LogP contribution in [-0.4, -0.2) is 23.4 Å². The Morgan fingerprint density at radius 3 is 2.78 bits per heavy atom. The normalized spacial score (nSPS) is 17.3. The van der Waals surface area contributed by atoms with Crippen LogP contribution < -0.4 is 5.32 Å². The van der Waals surface area contributed by atoms with Crippen LogP contribution in [0, 0.1) is 5.82 Å². The number of benzene rings is 2. The molecule has 1 aromatic heterocycles. The van der Waals surface area contributed by atoms with E-state index < -0.39 is 0 Å². The Kier molecular flexibility index (Phi) is 3.34. The number of nitrogens with one attached hydrogen (secondary N) is 2. The molecule has 3 aromatic rings. The highest BCUT2D eigenvalue weighted by atomic mass is 35.5. The van der Waals surface area contributed by atoms with Gasteiger partial charge >= 0.3 is 0 Å². The third-order valence-electron chi connectivity index (χ3n) is 4.05. The molecule has 0 spiro atoms. The molecular formula is C18H15ClFN3. The fraction of sp³-hybridized carbons (Fsp3) is 0.167. The van der Waals surface area contributed by atoms with Gasteiger partial charge in [-0.3, -0.25) is 4.99 Å².